The van der Waals surface area contributed by atoms with E-state index in [1.165, 1.54) is 38.5 Å². The second kappa shape index (κ2) is 2.25. The Morgan fingerprint density at radius 2 is 1.75 bits per heavy atom. The molecule has 12 heavy (non-hydrogen) atoms. The fraction of sp³-hybridized carbons (Fsp3) is 1.00. The molecular formula is C11H18O. The van der Waals surface area contributed by atoms with Crippen LogP contribution in [0.1, 0.15) is 44.9 Å². The first-order valence-electron chi connectivity index (χ1n) is 5.53. The van der Waals surface area contributed by atoms with Crippen molar-refractivity contribution in [2.45, 2.75) is 51.0 Å². The second-order valence-electron chi connectivity index (χ2n) is 5.07. The number of rotatable bonds is 0. The van der Waals surface area contributed by atoms with Gasteiger partial charge in [0, 0.05) is 0 Å². The fourth-order valence-corrected chi connectivity index (χ4v) is 4.17. The summed E-state index contributed by atoms with van der Waals surface area (Å²) in [5, 5.41) is 9.76. The quantitative estimate of drug-likeness (QED) is 0.585. The maximum absolute atomic E-state index is 9.76. The molecule has 0 radical (unpaired) electrons. The Hall–Kier alpha value is -0.0400. The molecule has 0 aliphatic heterocycles. The predicted octanol–water partition coefficient (Wildman–Crippen LogP) is 2.34. The normalized spacial score (nSPS) is 49.2. The van der Waals surface area contributed by atoms with Crippen molar-refractivity contribution >= 4 is 0 Å². The molecule has 0 bridgehead atoms. The fourth-order valence-electron chi connectivity index (χ4n) is 4.17. The highest BCUT2D eigenvalue weighted by Gasteiger charge is 2.68. The standard InChI is InChI=1S/C11H18O/c12-9-5-4-8-10(9)11(8)6-2-1-3-7-11/h8-10,12H,1-7H2/t8-,9-,10?/m1/s1. The monoisotopic (exact) mass is 166 g/mol. The maximum atomic E-state index is 9.76. The van der Waals surface area contributed by atoms with E-state index in [0.29, 0.717) is 5.41 Å². The molecule has 3 rings (SSSR count). The van der Waals surface area contributed by atoms with Crippen molar-refractivity contribution in [3.05, 3.63) is 0 Å². The largest absolute Gasteiger partial charge is 0.393 e. The molecule has 1 spiro atoms. The van der Waals surface area contributed by atoms with E-state index in [1.807, 2.05) is 0 Å². The Bertz CT molecular complexity index is 193. The van der Waals surface area contributed by atoms with Crippen LogP contribution in [0.4, 0.5) is 0 Å². The van der Waals surface area contributed by atoms with Crippen LogP contribution in [0.25, 0.3) is 0 Å². The molecule has 1 heteroatoms. The van der Waals surface area contributed by atoms with E-state index in [-0.39, 0.29) is 6.10 Å². The Kier molecular flexibility index (Phi) is 1.39. The molecule has 0 aromatic rings. The highest BCUT2D eigenvalue weighted by atomic mass is 16.3. The van der Waals surface area contributed by atoms with Crippen molar-refractivity contribution in [3.63, 3.8) is 0 Å². The lowest BCUT2D eigenvalue weighted by atomic mass is 9.80. The van der Waals surface area contributed by atoms with Gasteiger partial charge in [-0.3, -0.25) is 0 Å². The van der Waals surface area contributed by atoms with Crippen molar-refractivity contribution in [1.82, 2.24) is 0 Å². The summed E-state index contributed by atoms with van der Waals surface area (Å²) < 4.78 is 0. The molecule has 3 aliphatic carbocycles. The van der Waals surface area contributed by atoms with Gasteiger partial charge in [-0.1, -0.05) is 19.3 Å². The molecule has 1 N–H and O–H groups in total. The Labute approximate surface area is 74.2 Å². The molecule has 3 aliphatic rings. The lowest BCUT2D eigenvalue weighted by Gasteiger charge is -2.26. The molecular weight excluding hydrogens is 148 g/mol. The van der Waals surface area contributed by atoms with Gasteiger partial charge in [0.05, 0.1) is 6.10 Å². The summed E-state index contributed by atoms with van der Waals surface area (Å²) in [4.78, 5) is 0. The number of aliphatic hydroxyl groups excluding tert-OH is 1. The summed E-state index contributed by atoms with van der Waals surface area (Å²) in [5.41, 5.74) is 0.663. The first-order valence-corrected chi connectivity index (χ1v) is 5.53. The van der Waals surface area contributed by atoms with Gasteiger partial charge in [-0.25, -0.2) is 0 Å². The van der Waals surface area contributed by atoms with Crippen molar-refractivity contribution in [2.75, 3.05) is 0 Å². The minimum atomic E-state index is 0.0769. The van der Waals surface area contributed by atoms with E-state index in [9.17, 15) is 5.11 Å². The average molecular weight is 166 g/mol. The SMILES string of the molecule is O[C@@H]1CC[C@@H]2C1C21CCCCC1. The smallest absolute Gasteiger partial charge is 0.0576 e. The first-order chi connectivity index (χ1) is 5.84. The summed E-state index contributed by atoms with van der Waals surface area (Å²) in [6, 6.07) is 0. The molecule has 1 nitrogen and oxygen atoms in total. The lowest BCUT2D eigenvalue weighted by Crippen LogP contribution is -2.19. The highest BCUT2D eigenvalue weighted by molar-refractivity contribution is 5.16. The van der Waals surface area contributed by atoms with Crippen LogP contribution in [0.5, 0.6) is 0 Å². The molecule has 0 aromatic carbocycles. The van der Waals surface area contributed by atoms with Gasteiger partial charge in [-0.05, 0) is 42.9 Å². The molecule has 0 aromatic heterocycles. The molecule has 3 fully saturated rings. The predicted molar refractivity (Wildman–Crippen MR) is 47.7 cm³/mol. The number of hydrogen-bond donors (Lipinski definition) is 1. The zero-order valence-corrected chi connectivity index (χ0v) is 7.63. The van der Waals surface area contributed by atoms with Crippen LogP contribution in [0.3, 0.4) is 0 Å². The molecule has 1 unspecified atom stereocenters. The number of fused-ring (bicyclic) bond motifs is 3. The first kappa shape index (κ1) is 7.37. The third-order valence-corrected chi connectivity index (χ3v) is 4.70. The summed E-state index contributed by atoms with van der Waals surface area (Å²) in [5.74, 6) is 1.67. The van der Waals surface area contributed by atoms with Crippen LogP contribution in [0.15, 0.2) is 0 Å². The molecule has 0 heterocycles. The average Bonchev–Trinajstić information content (AvgIpc) is 2.51. The van der Waals surface area contributed by atoms with Crippen LogP contribution >= 0.6 is 0 Å². The Morgan fingerprint density at radius 1 is 1.00 bits per heavy atom. The van der Waals surface area contributed by atoms with Gasteiger partial charge in [0.25, 0.3) is 0 Å². The lowest BCUT2D eigenvalue weighted by molar-refractivity contribution is 0.116. The number of hydrogen-bond acceptors (Lipinski definition) is 1. The summed E-state index contributed by atoms with van der Waals surface area (Å²) in [6.07, 6.45) is 9.66. The highest BCUT2D eigenvalue weighted by Crippen LogP contribution is 2.72. The van der Waals surface area contributed by atoms with Crippen molar-refractivity contribution in [1.29, 1.82) is 0 Å². The van der Waals surface area contributed by atoms with Crippen LogP contribution in [-0.2, 0) is 0 Å². The van der Waals surface area contributed by atoms with Gasteiger partial charge in [-0.2, -0.15) is 0 Å². The van der Waals surface area contributed by atoms with Crippen LogP contribution in [0, 0.1) is 17.3 Å². The van der Waals surface area contributed by atoms with Gasteiger partial charge in [0.15, 0.2) is 0 Å². The van der Waals surface area contributed by atoms with E-state index in [1.54, 1.807) is 0 Å². The van der Waals surface area contributed by atoms with E-state index < -0.39 is 0 Å². The Balaban J connectivity index is 1.78. The molecule has 0 saturated heterocycles. The summed E-state index contributed by atoms with van der Waals surface area (Å²) >= 11 is 0. The van der Waals surface area contributed by atoms with Crippen LogP contribution in [-0.4, -0.2) is 11.2 Å². The molecule has 0 amide bonds. The van der Waals surface area contributed by atoms with Gasteiger partial charge in [0.2, 0.25) is 0 Å². The molecule has 3 saturated carbocycles. The zero-order chi connectivity index (χ0) is 8.18. The van der Waals surface area contributed by atoms with Crippen molar-refractivity contribution in [3.8, 4) is 0 Å². The van der Waals surface area contributed by atoms with Gasteiger partial charge >= 0.3 is 0 Å². The van der Waals surface area contributed by atoms with Crippen LogP contribution in [0.2, 0.25) is 0 Å². The zero-order valence-electron chi connectivity index (χ0n) is 7.63. The summed E-state index contributed by atoms with van der Waals surface area (Å²) in [7, 11) is 0. The van der Waals surface area contributed by atoms with E-state index >= 15 is 0 Å². The van der Waals surface area contributed by atoms with E-state index in [4.69, 9.17) is 0 Å². The second-order valence-corrected chi connectivity index (χ2v) is 5.07. The van der Waals surface area contributed by atoms with Gasteiger partial charge < -0.3 is 5.11 Å². The topological polar surface area (TPSA) is 20.2 Å². The van der Waals surface area contributed by atoms with E-state index in [2.05, 4.69) is 0 Å². The minimum Gasteiger partial charge on any atom is -0.393 e. The van der Waals surface area contributed by atoms with E-state index in [0.717, 1.165) is 18.3 Å². The van der Waals surface area contributed by atoms with Crippen molar-refractivity contribution < 1.29 is 5.11 Å². The summed E-state index contributed by atoms with van der Waals surface area (Å²) in [6.45, 7) is 0. The van der Waals surface area contributed by atoms with Crippen molar-refractivity contribution in [2.24, 2.45) is 17.3 Å². The minimum absolute atomic E-state index is 0.0769. The number of aliphatic hydroxyl groups is 1. The van der Waals surface area contributed by atoms with Crippen LogP contribution < -0.4 is 0 Å². The van der Waals surface area contributed by atoms with Gasteiger partial charge in [-0.15, -0.1) is 0 Å². The van der Waals surface area contributed by atoms with Gasteiger partial charge in [0.1, 0.15) is 0 Å². The third-order valence-electron chi connectivity index (χ3n) is 4.70. The third kappa shape index (κ3) is 0.736. The Morgan fingerprint density at radius 3 is 2.33 bits per heavy atom. The maximum Gasteiger partial charge on any atom is 0.0576 e. The molecule has 68 valence electrons. The molecule has 3 atom stereocenters.